The normalized spacial score (nSPS) is 10.7. The van der Waals surface area contributed by atoms with Crippen molar-refractivity contribution < 1.29 is 14.0 Å². The van der Waals surface area contributed by atoms with Crippen molar-refractivity contribution in [3.63, 3.8) is 0 Å². The van der Waals surface area contributed by atoms with Crippen LogP contribution in [-0.2, 0) is 0 Å². The molecular weight excluding hydrogens is 329 g/mol. The Kier molecular flexibility index (Phi) is 3.19. The van der Waals surface area contributed by atoms with Crippen molar-refractivity contribution in [3.8, 4) is 28.6 Å². The third-order valence-electron chi connectivity index (χ3n) is 2.52. The van der Waals surface area contributed by atoms with Gasteiger partial charge in [-0.2, -0.15) is 4.98 Å². The van der Waals surface area contributed by atoms with Crippen LogP contribution in [0.15, 0.2) is 45.7 Å². The zero-order chi connectivity index (χ0) is 14.1. The van der Waals surface area contributed by atoms with E-state index in [4.69, 9.17) is 4.52 Å². The molecule has 20 heavy (non-hydrogen) atoms. The summed E-state index contributed by atoms with van der Waals surface area (Å²) in [5, 5.41) is 13.2. The van der Waals surface area contributed by atoms with Gasteiger partial charge in [0.05, 0.1) is 11.8 Å². The second kappa shape index (κ2) is 5.01. The molecular formula is C13H7BrFN3O2. The Hall–Kier alpha value is -2.28. The minimum Gasteiger partial charge on any atom is -0.506 e. The number of benzene rings is 1. The highest BCUT2D eigenvalue weighted by molar-refractivity contribution is 9.10. The second-order valence-corrected chi connectivity index (χ2v) is 4.93. The molecule has 0 atom stereocenters. The number of aromatic hydroxyl groups is 1. The van der Waals surface area contributed by atoms with Gasteiger partial charge in [0, 0.05) is 16.2 Å². The summed E-state index contributed by atoms with van der Waals surface area (Å²) in [6.07, 6.45) is 2.78. The number of hydrogen-bond acceptors (Lipinski definition) is 5. The van der Waals surface area contributed by atoms with E-state index >= 15 is 0 Å². The van der Waals surface area contributed by atoms with E-state index in [1.807, 2.05) is 0 Å². The van der Waals surface area contributed by atoms with E-state index < -0.39 is 5.82 Å². The van der Waals surface area contributed by atoms with Crippen molar-refractivity contribution in [1.29, 1.82) is 0 Å². The van der Waals surface area contributed by atoms with Crippen molar-refractivity contribution in [3.05, 3.63) is 46.9 Å². The van der Waals surface area contributed by atoms with Gasteiger partial charge in [0.1, 0.15) is 11.6 Å². The number of nitrogens with zero attached hydrogens (tertiary/aromatic N) is 3. The average Bonchev–Trinajstić information content (AvgIpc) is 2.87. The molecule has 0 saturated carbocycles. The maximum atomic E-state index is 13.3. The third-order valence-corrected chi connectivity index (χ3v) is 2.98. The SMILES string of the molecule is Oc1cncc(-c2nc(-c3cc(F)cc(Br)c3)no2)c1. The van der Waals surface area contributed by atoms with Crippen molar-refractivity contribution >= 4 is 15.9 Å². The fraction of sp³-hybridized carbons (Fsp3) is 0. The molecule has 1 aromatic carbocycles. The summed E-state index contributed by atoms with van der Waals surface area (Å²) >= 11 is 3.20. The Bertz CT molecular complexity index is 756. The van der Waals surface area contributed by atoms with E-state index in [1.54, 1.807) is 6.07 Å². The topological polar surface area (TPSA) is 72.0 Å². The molecule has 3 aromatic rings. The zero-order valence-corrected chi connectivity index (χ0v) is 11.5. The molecule has 1 N–H and O–H groups in total. The molecule has 0 aliphatic rings. The van der Waals surface area contributed by atoms with Gasteiger partial charge in [0.15, 0.2) is 0 Å². The lowest BCUT2D eigenvalue weighted by atomic mass is 10.2. The predicted molar refractivity (Wildman–Crippen MR) is 72.3 cm³/mol. The van der Waals surface area contributed by atoms with E-state index in [-0.39, 0.29) is 17.5 Å². The largest absolute Gasteiger partial charge is 0.506 e. The second-order valence-electron chi connectivity index (χ2n) is 4.01. The molecule has 2 heterocycles. The number of pyridine rings is 1. The van der Waals surface area contributed by atoms with Crippen molar-refractivity contribution in [2.75, 3.05) is 0 Å². The highest BCUT2D eigenvalue weighted by atomic mass is 79.9. The van der Waals surface area contributed by atoms with Crippen LogP contribution in [-0.4, -0.2) is 20.2 Å². The van der Waals surface area contributed by atoms with Gasteiger partial charge in [-0.15, -0.1) is 0 Å². The Morgan fingerprint density at radius 2 is 1.95 bits per heavy atom. The number of rotatable bonds is 2. The summed E-state index contributed by atoms with van der Waals surface area (Å²) in [5.41, 5.74) is 0.971. The molecule has 0 aliphatic heterocycles. The summed E-state index contributed by atoms with van der Waals surface area (Å²) in [5.74, 6) is 0.0443. The van der Waals surface area contributed by atoms with E-state index in [0.717, 1.165) is 0 Å². The standard InChI is InChI=1S/C13H7BrFN3O2/c14-9-1-7(2-10(15)4-9)12-17-13(20-18-12)8-3-11(19)6-16-5-8/h1-6,19H. The van der Waals surface area contributed by atoms with Crippen molar-refractivity contribution in [2.45, 2.75) is 0 Å². The molecule has 0 unspecified atom stereocenters. The number of aromatic nitrogens is 3. The summed E-state index contributed by atoms with van der Waals surface area (Å²) in [4.78, 5) is 7.98. The first kappa shape index (κ1) is 12.7. The molecule has 100 valence electrons. The van der Waals surface area contributed by atoms with E-state index in [1.165, 1.54) is 30.6 Å². The van der Waals surface area contributed by atoms with Gasteiger partial charge in [-0.3, -0.25) is 4.98 Å². The van der Waals surface area contributed by atoms with Crippen LogP contribution in [0.4, 0.5) is 4.39 Å². The molecule has 3 rings (SSSR count). The highest BCUT2D eigenvalue weighted by Gasteiger charge is 2.12. The summed E-state index contributed by atoms with van der Waals surface area (Å²) < 4.78 is 19.0. The van der Waals surface area contributed by atoms with Crippen LogP contribution < -0.4 is 0 Å². The quantitative estimate of drug-likeness (QED) is 0.776. The molecule has 7 heteroatoms. The lowest BCUT2D eigenvalue weighted by Crippen LogP contribution is -1.84. The molecule has 0 bridgehead atoms. The van der Waals surface area contributed by atoms with E-state index in [9.17, 15) is 9.50 Å². The van der Waals surface area contributed by atoms with Gasteiger partial charge in [0.25, 0.3) is 5.89 Å². The Balaban J connectivity index is 2.02. The minimum atomic E-state index is -0.403. The van der Waals surface area contributed by atoms with Crippen molar-refractivity contribution in [2.24, 2.45) is 0 Å². The average molecular weight is 336 g/mol. The molecule has 0 radical (unpaired) electrons. The third kappa shape index (κ3) is 2.53. The fourth-order valence-electron chi connectivity index (χ4n) is 1.69. The molecule has 0 spiro atoms. The van der Waals surface area contributed by atoms with Crippen LogP contribution in [0.25, 0.3) is 22.8 Å². The van der Waals surface area contributed by atoms with Crippen molar-refractivity contribution in [1.82, 2.24) is 15.1 Å². The monoisotopic (exact) mass is 335 g/mol. The minimum absolute atomic E-state index is 0.00394. The fourth-order valence-corrected chi connectivity index (χ4v) is 2.15. The summed E-state index contributed by atoms with van der Waals surface area (Å²) in [7, 11) is 0. The lowest BCUT2D eigenvalue weighted by molar-refractivity contribution is 0.431. The first-order valence-corrected chi connectivity index (χ1v) is 6.36. The molecule has 2 aromatic heterocycles. The van der Waals surface area contributed by atoms with Gasteiger partial charge >= 0.3 is 0 Å². The Morgan fingerprint density at radius 1 is 1.10 bits per heavy atom. The number of hydrogen-bond donors (Lipinski definition) is 1. The first-order valence-electron chi connectivity index (χ1n) is 5.56. The Morgan fingerprint density at radius 3 is 2.70 bits per heavy atom. The molecule has 0 fully saturated rings. The first-order chi connectivity index (χ1) is 9.61. The molecule has 0 aliphatic carbocycles. The van der Waals surface area contributed by atoms with Crippen LogP contribution in [0.3, 0.4) is 0 Å². The van der Waals surface area contributed by atoms with Crippen LogP contribution in [0.1, 0.15) is 0 Å². The molecule has 5 nitrogen and oxygen atoms in total. The van der Waals surface area contributed by atoms with Crippen LogP contribution in [0.2, 0.25) is 0 Å². The van der Waals surface area contributed by atoms with Gasteiger partial charge in [0.2, 0.25) is 5.82 Å². The van der Waals surface area contributed by atoms with Gasteiger partial charge < -0.3 is 9.63 Å². The molecule has 0 amide bonds. The maximum absolute atomic E-state index is 13.3. The number of halogens is 2. The van der Waals surface area contributed by atoms with E-state index in [0.29, 0.717) is 15.6 Å². The summed E-state index contributed by atoms with van der Waals surface area (Å²) in [6, 6.07) is 5.77. The van der Waals surface area contributed by atoms with Gasteiger partial charge in [-0.1, -0.05) is 21.1 Å². The summed E-state index contributed by atoms with van der Waals surface area (Å²) in [6.45, 7) is 0. The molecule has 0 saturated heterocycles. The van der Waals surface area contributed by atoms with Crippen LogP contribution in [0.5, 0.6) is 5.75 Å². The van der Waals surface area contributed by atoms with Crippen LogP contribution in [0, 0.1) is 5.82 Å². The predicted octanol–water partition coefficient (Wildman–Crippen LogP) is 3.41. The van der Waals surface area contributed by atoms with Crippen LogP contribution >= 0.6 is 15.9 Å². The van der Waals surface area contributed by atoms with Gasteiger partial charge in [-0.05, 0) is 24.3 Å². The van der Waals surface area contributed by atoms with Gasteiger partial charge in [-0.25, -0.2) is 4.39 Å². The Labute approximate surface area is 121 Å². The zero-order valence-electron chi connectivity index (χ0n) is 9.92. The highest BCUT2D eigenvalue weighted by Crippen LogP contribution is 2.26. The maximum Gasteiger partial charge on any atom is 0.259 e. The smallest absolute Gasteiger partial charge is 0.259 e. The lowest BCUT2D eigenvalue weighted by Gasteiger charge is -1.96. The van der Waals surface area contributed by atoms with E-state index in [2.05, 4.69) is 31.1 Å².